The van der Waals surface area contributed by atoms with E-state index in [0.29, 0.717) is 5.78 Å². The van der Waals surface area contributed by atoms with Crippen molar-refractivity contribution in [3.05, 3.63) is 34.9 Å². The monoisotopic (exact) mass is 256 g/mol. The maximum atomic E-state index is 10.7. The number of hydrogen-bond donors (Lipinski definition) is 0. The molecule has 0 heterocycles. The molecule has 0 aliphatic heterocycles. The molecule has 3 heteroatoms. The quantitative estimate of drug-likeness (QED) is 0.676. The van der Waals surface area contributed by atoms with Crippen LogP contribution in [0.5, 0.6) is 0 Å². The normalized spacial score (nSPS) is 10.4. The second-order valence-corrected chi connectivity index (χ2v) is 5.38. The Labute approximate surface area is 107 Å². The first-order valence-electron chi connectivity index (χ1n) is 5.50. The maximum Gasteiger partial charge on any atom is 0.129 e. The van der Waals surface area contributed by atoms with E-state index in [9.17, 15) is 4.79 Å². The Hall–Kier alpha value is -0.470. The van der Waals surface area contributed by atoms with Crippen molar-refractivity contribution in [1.82, 2.24) is 0 Å². The summed E-state index contributed by atoms with van der Waals surface area (Å²) in [5.74, 6) is 2.44. The smallest absolute Gasteiger partial charge is 0.129 e. The summed E-state index contributed by atoms with van der Waals surface area (Å²) in [4.78, 5) is 10.7. The van der Waals surface area contributed by atoms with Gasteiger partial charge in [0.15, 0.2) is 0 Å². The van der Waals surface area contributed by atoms with Gasteiger partial charge < -0.3 is 4.79 Å². The lowest BCUT2D eigenvalue weighted by Crippen LogP contribution is -1.90. The molecule has 0 spiro atoms. The number of ketones is 1. The topological polar surface area (TPSA) is 17.1 Å². The molecule has 0 saturated carbocycles. The second kappa shape index (κ2) is 7.75. The van der Waals surface area contributed by atoms with Crippen LogP contribution in [0.15, 0.2) is 24.3 Å². The van der Waals surface area contributed by atoms with Gasteiger partial charge in [0.1, 0.15) is 5.78 Å². The summed E-state index contributed by atoms with van der Waals surface area (Å²) >= 11 is 7.71. The fraction of sp³-hybridized carbons (Fsp3) is 0.462. The van der Waals surface area contributed by atoms with Crippen molar-refractivity contribution >= 4 is 29.1 Å². The van der Waals surface area contributed by atoms with Crippen LogP contribution in [0.25, 0.3) is 0 Å². The Bertz CT molecular complexity index is 321. The van der Waals surface area contributed by atoms with Gasteiger partial charge in [0.05, 0.1) is 0 Å². The Morgan fingerprint density at radius 1 is 1.25 bits per heavy atom. The van der Waals surface area contributed by atoms with E-state index in [1.807, 2.05) is 23.9 Å². The average molecular weight is 257 g/mol. The number of Topliss-reactive ketones (excluding diaryl/α,β-unsaturated/α-hetero) is 1. The third kappa shape index (κ3) is 6.19. The van der Waals surface area contributed by atoms with Crippen molar-refractivity contribution in [3.8, 4) is 0 Å². The van der Waals surface area contributed by atoms with Crippen LogP contribution < -0.4 is 0 Å². The molecule has 0 aliphatic carbocycles. The van der Waals surface area contributed by atoms with Crippen LogP contribution in [0.4, 0.5) is 0 Å². The van der Waals surface area contributed by atoms with E-state index < -0.39 is 0 Å². The van der Waals surface area contributed by atoms with Crippen molar-refractivity contribution in [2.75, 3.05) is 5.75 Å². The molecule has 0 N–H and O–H groups in total. The molecule has 0 fully saturated rings. The molecule has 0 amide bonds. The van der Waals surface area contributed by atoms with Gasteiger partial charge >= 0.3 is 0 Å². The zero-order chi connectivity index (χ0) is 11.8. The molecule has 1 aromatic carbocycles. The van der Waals surface area contributed by atoms with Gasteiger partial charge in [-0.3, -0.25) is 0 Å². The third-order valence-corrected chi connectivity index (χ3v) is 3.62. The summed E-state index contributed by atoms with van der Waals surface area (Å²) in [6.45, 7) is 1.65. The highest BCUT2D eigenvalue weighted by atomic mass is 35.5. The Morgan fingerprint density at radius 2 is 1.94 bits per heavy atom. The number of unbranched alkanes of at least 4 members (excludes halogenated alkanes) is 1. The molecule has 0 atom stereocenters. The summed E-state index contributed by atoms with van der Waals surface area (Å²) in [6.07, 6.45) is 2.86. The summed E-state index contributed by atoms with van der Waals surface area (Å²) < 4.78 is 0. The first kappa shape index (κ1) is 13.6. The summed E-state index contributed by atoms with van der Waals surface area (Å²) in [5.41, 5.74) is 1.31. The number of carbonyl (C=O) groups is 1. The van der Waals surface area contributed by atoms with Crippen LogP contribution in [-0.4, -0.2) is 11.5 Å². The molecule has 88 valence electrons. The molecule has 0 bridgehead atoms. The van der Waals surface area contributed by atoms with Crippen molar-refractivity contribution < 1.29 is 4.79 Å². The Morgan fingerprint density at radius 3 is 2.56 bits per heavy atom. The zero-order valence-corrected chi connectivity index (χ0v) is 11.1. The van der Waals surface area contributed by atoms with Gasteiger partial charge in [0, 0.05) is 17.2 Å². The first-order chi connectivity index (χ1) is 7.68. The van der Waals surface area contributed by atoms with Crippen molar-refractivity contribution in [3.63, 3.8) is 0 Å². The van der Waals surface area contributed by atoms with Gasteiger partial charge in [-0.05, 0) is 43.2 Å². The predicted molar refractivity (Wildman–Crippen MR) is 72.1 cm³/mol. The van der Waals surface area contributed by atoms with E-state index in [1.165, 1.54) is 5.56 Å². The van der Waals surface area contributed by atoms with Crippen molar-refractivity contribution in [1.29, 1.82) is 0 Å². The van der Waals surface area contributed by atoms with Crippen LogP contribution in [-0.2, 0) is 10.5 Å². The molecule has 16 heavy (non-hydrogen) atoms. The molecule has 0 radical (unpaired) electrons. The van der Waals surface area contributed by atoms with E-state index >= 15 is 0 Å². The van der Waals surface area contributed by atoms with Gasteiger partial charge in [-0.2, -0.15) is 11.8 Å². The number of rotatable bonds is 7. The minimum absolute atomic E-state index is 0.294. The van der Waals surface area contributed by atoms with Crippen LogP contribution in [0.1, 0.15) is 31.7 Å². The van der Waals surface area contributed by atoms with Crippen molar-refractivity contribution in [2.24, 2.45) is 0 Å². The van der Waals surface area contributed by atoms with Crippen LogP contribution in [0.3, 0.4) is 0 Å². The van der Waals surface area contributed by atoms with E-state index in [1.54, 1.807) is 6.92 Å². The molecule has 0 unspecified atom stereocenters. The molecule has 0 aromatic heterocycles. The van der Waals surface area contributed by atoms with Gasteiger partial charge in [0.2, 0.25) is 0 Å². The van der Waals surface area contributed by atoms with Crippen LogP contribution in [0, 0.1) is 0 Å². The van der Waals surface area contributed by atoms with Gasteiger partial charge in [-0.15, -0.1) is 0 Å². The SMILES string of the molecule is CC(=O)CCCCSCc1ccc(Cl)cc1. The van der Waals surface area contributed by atoms with E-state index in [2.05, 4.69) is 12.1 Å². The molecule has 0 aliphatic rings. The van der Waals surface area contributed by atoms with Gasteiger partial charge in [0.25, 0.3) is 0 Å². The lowest BCUT2D eigenvalue weighted by molar-refractivity contribution is -0.117. The lowest BCUT2D eigenvalue weighted by atomic mass is 10.2. The molecule has 1 nitrogen and oxygen atoms in total. The lowest BCUT2D eigenvalue weighted by Gasteiger charge is -2.01. The van der Waals surface area contributed by atoms with Crippen LogP contribution >= 0.6 is 23.4 Å². The van der Waals surface area contributed by atoms with Gasteiger partial charge in [-0.25, -0.2) is 0 Å². The molecule has 1 aromatic rings. The highest BCUT2D eigenvalue weighted by molar-refractivity contribution is 7.98. The van der Waals surface area contributed by atoms with E-state index in [0.717, 1.165) is 35.8 Å². The number of carbonyl (C=O) groups excluding carboxylic acids is 1. The molecule has 0 saturated heterocycles. The average Bonchev–Trinajstić information content (AvgIpc) is 2.25. The number of benzene rings is 1. The minimum Gasteiger partial charge on any atom is -0.300 e. The summed E-state index contributed by atoms with van der Waals surface area (Å²) in [5, 5.41) is 0.787. The van der Waals surface area contributed by atoms with E-state index in [-0.39, 0.29) is 0 Å². The fourth-order valence-corrected chi connectivity index (χ4v) is 2.46. The van der Waals surface area contributed by atoms with Gasteiger partial charge in [-0.1, -0.05) is 23.7 Å². The zero-order valence-electron chi connectivity index (χ0n) is 9.54. The summed E-state index contributed by atoms with van der Waals surface area (Å²) in [7, 11) is 0. The highest BCUT2D eigenvalue weighted by Crippen LogP contribution is 2.16. The maximum absolute atomic E-state index is 10.7. The first-order valence-corrected chi connectivity index (χ1v) is 7.03. The molecule has 1 rings (SSSR count). The van der Waals surface area contributed by atoms with E-state index in [4.69, 9.17) is 11.6 Å². The molecular formula is C13H17ClOS. The largest absolute Gasteiger partial charge is 0.300 e. The van der Waals surface area contributed by atoms with Crippen LogP contribution in [0.2, 0.25) is 5.02 Å². The standard InChI is InChI=1S/C13H17ClOS/c1-11(15)4-2-3-9-16-10-12-5-7-13(14)8-6-12/h5-8H,2-4,9-10H2,1H3. The number of hydrogen-bond acceptors (Lipinski definition) is 2. The third-order valence-electron chi connectivity index (χ3n) is 2.25. The minimum atomic E-state index is 0.294. The number of thioether (sulfide) groups is 1. The fourth-order valence-electron chi connectivity index (χ4n) is 1.35. The molecular weight excluding hydrogens is 240 g/mol. The summed E-state index contributed by atoms with van der Waals surface area (Å²) in [6, 6.07) is 7.97. The number of halogens is 1. The Balaban J connectivity index is 2.07. The second-order valence-electron chi connectivity index (χ2n) is 3.84. The highest BCUT2D eigenvalue weighted by Gasteiger charge is 1.96. The Kier molecular flexibility index (Phi) is 6.58. The predicted octanol–water partition coefficient (Wildman–Crippen LogP) is 4.33. The van der Waals surface area contributed by atoms with Crippen molar-refractivity contribution in [2.45, 2.75) is 31.9 Å².